The van der Waals surface area contributed by atoms with E-state index in [4.69, 9.17) is 9.26 Å². The highest BCUT2D eigenvalue weighted by molar-refractivity contribution is 5.48. The first-order valence-corrected chi connectivity index (χ1v) is 8.58. The lowest BCUT2D eigenvalue weighted by molar-refractivity contribution is -0.119. The molecular weight excluding hydrogens is 325 g/mol. The zero-order valence-electron chi connectivity index (χ0n) is 14.4. The average molecular weight is 347 g/mol. The van der Waals surface area contributed by atoms with Gasteiger partial charge in [0.2, 0.25) is 12.3 Å². The van der Waals surface area contributed by atoms with E-state index in [0.717, 1.165) is 12.0 Å². The van der Waals surface area contributed by atoms with Gasteiger partial charge >= 0.3 is 6.01 Å². The number of rotatable bonds is 6. The minimum absolute atomic E-state index is 0.0202. The largest absolute Gasteiger partial charge is 0.462 e. The minimum atomic E-state index is -0.198. The number of piperidine rings is 1. The van der Waals surface area contributed by atoms with Crippen LogP contribution >= 0.6 is 0 Å². The second-order valence-electron chi connectivity index (χ2n) is 6.24. The molecule has 3 rings (SSSR count). The topological polar surface area (TPSA) is 68.5 Å². The minimum Gasteiger partial charge on any atom is -0.462 e. The molecule has 2 heterocycles. The van der Waals surface area contributed by atoms with E-state index in [-0.39, 0.29) is 23.7 Å². The van der Waals surface area contributed by atoms with Gasteiger partial charge in [-0.15, -0.1) is 0 Å². The summed E-state index contributed by atoms with van der Waals surface area (Å²) in [6.45, 7) is 5.28. The third kappa shape index (κ3) is 3.81. The number of ether oxygens (including phenoxy) is 1. The number of amides is 1. The summed E-state index contributed by atoms with van der Waals surface area (Å²) < 4.78 is 24.7. The van der Waals surface area contributed by atoms with Gasteiger partial charge in [-0.3, -0.25) is 4.79 Å². The molecule has 134 valence electrons. The molecule has 1 aromatic carbocycles. The molecule has 0 N–H and O–H groups in total. The summed E-state index contributed by atoms with van der Waals surface area (Å²) in [4.78, 5) is 17.3. The first-order chi connectivity index (χ1) is 12.1. The molecule has 1 aliphatic heterocycles. The highest BCUT2D eigenvalue weighted by atomic mass is 19.1. The van der Waals surface area contributed by atoms with Crippen molar-refractivity contribution in [3.8, 4) is 6.01 Å². The molecule has 0 radical (unpaired) electrons. The summed E-state index contributed by atoms with van der Waals surface area (Å²) in [5.41, 5.74) is 1.58. The zero-order chi connectivity index (χ0) is 17.8. The lowest BCUT2D eigenvalue weighted by Gasteiger charge is -2.34. The Labute approximate surface area is 146 Å². The fraction of sp³-hybridized carbons (Fsp3) is 0.500. The SMILES string of the molecule is CCOc1noc(C2CC(c3ccc(CC)c(F)c3)CN(C=O)C2)n1. The van der Waals surface area contributed by atoms with E-state index in [9.17, 15) is 9.18 Å². The molecule has 2 aromatic rings. The van der Waals surface area contributed by atoms with Crippen LogP contribution in [0.3, 0.4) is 0 Å². The molecule has 2 atom stereocenters. The lowest BCUT2D eigenvalue weighted by Crippen LogP contribution is -2.37. The van der Waals surface area contributed by atoms with Crippen LogP contribution in [0.5, 0.6) is 6.01 Å². The third-order valence-electron chi connectivity index (χ3n) is 4.60. The van der Waals surface area contributed by atoms with Gasteiger partial charge < -0.3 is 14.2 Å². The van der Waals surface area contributed by atoms with Crippen molar-refractivity contribution in [2.45, 2.75) is 38.5 Å². The number of aryl methyl sites for hydroxylation is 1. The van der Waals surface area contributed by atoms with E-state index in [2.05, 4.69) is 10.1 Å². The Morgan fingerprint density at radius 1 is 1.36 bits per heavy atom. The molecular formula is C18H22FN3O3. The van der Waals surface area contributed by atoms with Crippen molar-refractivity contribution in [3.63, 3.8) is 0 Å². The second kappa shape index (κ2) is 7.63. The van der Waals surface area contributed by atoms with Crippen LogP contribution in [0.4, 0.5) is 4.39 Å². The molecule has 1 aromatic heterocycles. The number of hydrogen-bond acceptors (Lipinski definition) is 5. The molecule has 2 unspecified atom stereocenters. The summed E-state index contributed by atoms with van der Waals surface area (Å²) in [6.07, 6.45) is 2.18. The number of aromatic nitrogens is 2. The molecule has 1 fully saturated rings. The van der Waals surface area contributed by atoms with Crippen LogP contribution in [-0.2, 0) is 11.2 Å². The van der Waals surface area contributed by atoms with Gasteiger partial charge in [0, 0.05) is 19.0 Å². The van der Waals surface area contributed by atoms with Crippen molar-refractivity contribution in [1.82, 2.24) is 15.0 Å². The van der Waals surface area contributed by atoms with Crippen molar-refractivity contribution in [1.29, 1.82) is 0 Å². The Balaban J connectivity index is 1.82. The Morgan fingerprint density at radius 2 is 2.16 bits per heavy atom. The van der Waals surface area contributed by atoms with Crippen molar-refractivity contribution in [3.05, 3.63) is 41.0 Å². The van der Waals surface area contributed by atoms with Gasteiger partial charge in [-0.2, -0.15) is 4.98 Å². The molecule has 0 aliphatic carbocycles. The Morgan fingerprint density at radius 3 is 2.84 bits per heavy atom. The molecule has 0 bridgehead atoms. The molecule has 6 nitrogen and oxygen atoms in total. The summed E-state index contributed by atoms with van der Waals surface area (Å²) >= 11 is 0. The summed E-state index contributed by atoms with van der Waals surface area (Å²) in [6, 6.07) is 5.54. The normalized spacial score (nSPS) is 20.5. The van der Waals surface area contributed by atoms with Crippen molar-refractivity contribution < 1.29 is 18.4 Å². The first-order valence-electron chi connectivity index (χ1n) is 8.58. The van der Waals surface area contributed by atoms with Gasteiger partial charge in [0.1, 0.15) is 5.82 Å². The van der Waals surface area contributed by atoms with Gasteiger partial charge in [-0.25, -0.2) is 4.39 Å². The molecule has 1 amide bonds. The van der Waals surface area contributed by atoms with Crippen molar-refractivity contribution in [2.75, 3.05) is 19.7 Å². The second-order valence-corrected chi connectivity index (χ2v) is 6.24. The monoisotopic (exact) mass is 347 g/mol. The third-order valence-corrected chi connectivity index (χ3v) is 4.60. The maximum Gasteiger partial charge on any atom is 0.354 e. The fourth-order valence-corrected chi connectivity index (χ4v) is 3.32. The van der Waals surface area contributed by atoms with Gasteiger partial charge in [-0.05, 0) is 42.1 Å². The number of benzene rings is 1. The maximum absolute atomic E-state index is 14.2. The van der Waals surface area contributed by atoms with E-state index in [1.165, 1.54) is 0 Å². The molecule has 1 saturated heterocycles. The van der Waals surface area contributed by atoms with Crippen LogP contribution in [0.25, 0.3) is 0 Å². The van der Waals surface area contributed by atoms with Crippen molar-refractivity contribution in [2.24, 2.45) is 0 Å². The van der Waals surface area contributed by atoms with Crippen LogP contribution in [-0.4, -0.2) is 41.1 Å². The predicted octanol–water partition coefficient (Wildman–Crippen LogP) is 2.90. The van der Waals surface area contributed by atoms with Gasteiger partial charge in [0.25, 0.3) is 0 Å². The summed E-state index contributed by atoms with van der Waals surface area (Å²) in [5, 5.41) is 3.79. The van der Waals surface area contributed by atoms with Crippen LogP contribution in [0, 0.1) is 5.82 Å². The molecule has 0 saturated carbocycles. The van der Waals surface area contributed by atoms with E-state index >= 15 is 0 Å². The number of halogens is 1. The fourth-order valence-electron chi connectivity index (χ4n) is 3.32. The highest BCUT2D eigenvalue weighted by Crippen LogP contribution is 2.35. The van der Waals surface area contributed by atoms with Gasteiger partial charge in [-0.1, -0.05) is 19.1 Å². The zero-order valence-corrected chi connectivity index (χ0v) is 14.4. The van der Waals surface area contributed by atoms with Crippen LogP contribution in [0.2, 0.25) is 0 Å². The highest BCUT2D eigenvalue weighted by Gasteiger charge is 2.32. The maximum atomic E-state index is 14.2. The Bertz CT molecular complexity index is 734. The number of carbonyl (C=O) groups is 1. The molecule has 25 heavy (non-hydrogen) atoms. The smallest absolute Gasteiger partial charge is 0.354 e. The summed E-state index contributed by atoms with van der Waals surface area (Å²) in [5.74, 6) is 0.174. The molecule has 7 heteroatoms. The number of likely N-dealkylation sites (tertiary alicyclic amines) is 1. The van der Waals surface area contributed by atoms with Crippen LogP contribution < -0.4 is 4.74 Å². The lowest BCUT2D eigenvalue weighted by atomic mass is 9.84. The van der Waals surface area contributed by atoms with Crippen LogP contribution in [0.1, 0.15) is 49.1 Å². The predicted molar refractivity (Wildman–Crippen MR) is 89.0 cm³/mol. The summed E-state index contributed by atoms with van der Waals surface area (Å²) in [7, 11) is 0. The van der Waals surface area contributed by atoms with Gasteiger partial charge in [0.05, 0.1) is 12.5 Å². The molecule has 1 aliphatic rings. The van der Waals surface area contributed by atoms with E-state index in [1.54, 1.807) is 11.0 Å². The molecule has 0 spiro atoms. The number of nitrogens with zero attached hydrogens (tertiary/aromatic N) is 3. The van der Waals surface area contributed by atoms with Crippen LogP contribution in [0.15, 0.2) is 22.7 Å². The van der Waals surface area contributed by atoms with E-state index in [0.29, 0.717) is 44.0 Å². The average Bonchev–Trinajstić information content (AvgIpc) is 3.10. The van der Waals surface area contributed by atoms with Crippen molar-refractivity contribution >= 4 is 6.41 Å². The standard InChI is InChI=1S/C18H22FN3O3/c1-3-12-5-6-13(8-16(12)19)14-7-15(10-22(9-14)11-23)17-20-18(21-25-17)24-4-2/h5-6,8,11,14-15H,3-4,7,9-10H2,1-2H3. The number of hydrogen-bond donors (Lipinski definition) is 0. The van der Waals surface area contributed by atoms with E-state index in [1.807, 2.05) is 26.0 Å². The first kappa shape index (κ1) is 17.4. The van der Waals surface area contributed by atoms with E-state index < -0.39 is 0 Å². The Kier molecular flexibility index (Phi) is 5.31. The quantitative estimate of drug-likeness (QED) is 0.752. The van der Waals surface area contributed by atoms with Gasteiger partial charge in [0.15, 0.2) is 0 Å². The number of carbonyl (C=O) groups excluding carboxylic acids is 1. The Hall–Kier alpha value is -2.44.